The number of carbonyl (C=O) groups excluding carboxylic acids is 1. The Bertz CT molecular complexity index is 1230. The Morgan fingerprint density at radius 3 is 3.10 bits per heavy atom. The van der Waals surface area contributed by atoms with Crippen LogP contribution in [0.5, 0.6) is 0 Å². The minimum absolute atomic E-state index is 0.0251. The molecule has 0 bridgehead atoms. The molecule has 1 aliphatic rings. The second-order valence-corrected chi connectivity index (χ2v) is 7.95. The normalized spacial score (nSPS) is 17.1. The largest absolute Gasteiger partial charge is 0.383 e. The van der Waals surface area contributed by atoms with Gasteiger partial charge in [-0.2, -0.15) is 17.7 Å². The predicted molar refractivity (Wildman–Crippen MR) is 118 cm³/mol. The topological polar surface area (TPSA) is 119 Å². The van der Waals surface area contributed by atoms with Crippen LogP contribution < -0.4 is 5.73 Å². The van der Waals surface area contributed by atoms with Gasteiger partial charge in [0.05, 0.1) is 11.4 Å². The summed E-state index contributed by atoms with van der Waals surface area (Å²) in [5.74, 6) is 1.06. The molecular weight excluding hydrogens is 400 g/mol. The summed E-state index contributed by atoms with van der Waals surface area (Å²) in [6.07, 6.45) is 7.37. The number of nitrogens with one attached hydrogen (secondary N) is 1. The Morgan fingerprint density at radius 2 is 2.23 bits per heavy atom. The number of nitrogen functional groups attached to an aromatic ring is 1. The molecule has 1 amide bonds. The third kappa shape index (κ3) is 3.17. The molecule has 1 aliphatic heterocycles. The van der Waals surface area contributed by atoms with Crippen LogP contribution in [-0.4, -0.2) is 59.4 Å². The van der Waals surface area contributed by atoms with Crippen molar-refractivity contribution >= 4 is 46.4 Å². The van der Waals surface area contributed by atoms with Crippen molar-refractivity contribution in [2.24, 2.45) is 0 Å². The van der Waals surface area contributed by atoms with Gasteiger partial charge in [-0.25, -0.2) is 19.6 Å². The summed E-state index contributed by atoms with van der Waals surface area (Å²) in [5, 5.41) is 6.61. The first-order valence-electron chi connectivity index (χ1n) is 9.96. The fourth-order valence-electron chi connectivity index (χ4n) is 4.16. The zero-order valence-corrected chi connectivity index (χ0v) is 17.2. The van der Waals surface area contributed by atoms with E-state index in [0.29, 0.717) is 41.3 Å². The average molecular weight is 423 g/mol. The number of fused-ring (bicyclic) bond motifs is 2. The SMILES string of the molecule is Nc1ncnc2c1c(-c1cnc3[nH]ccc3c1)nn2[C@@H]1CCCN(C(=O)CCS)C1. The van der Waals surface area contributed by atoms with E-state index in [4.69, 9.17) is 10.8 Å². The molecule has 9 nitrogen and oxygen atoms in total. The Kier molecular flexibility index (Phi) is 4.78. The quantitative estimate of drug-likeness (QED) is 0.435. The lowest BCUT2D eigenvalue weighted by molar-refractivity contribution is -0.132. The summed E-state index contributed by atoms with van der Waals surface area (Å²) < 4.78 is 1.91. The monoisotopic (exact) mass is 422 g/mol. The van der Waals surface area contributed by atoms with Gasteiger partial charge in [-0.15, -0.1) is 0 Å². The number of thiol groups is 1. The minimum Gasteiger partial charge on any atom is -0.383 e. The summed E-state index contributed by atoms with van der Waals surface area (Å²) in [4.78, 5) is 30.6. The van der Waals surface area contributed by atoms with E-state index < -0.39 is 0 Å². The van der Waals surface area contributed by atoms with E-state index in [1.165, 1.54) is 6.33 Å². The van der Waals surface area contributed by atoms with Crippen molar-refractivity contribution in [2.75, 3.05) is 24.6 Å². The third-order valence-corrected chi connectivity index (χ3v) is 5.84. The molecule has 154 valence electrons. The highest BCUT2D eigenvalue weighted by Gasteiger charge is 2.28. The predicted octanol–water partition coefficient (Wildman–Crippen LogP) is 2.44. The number of aromatic amines is 1. The standard InChI is InChI=1S/C20H22N8OS/c21-18-16-17(13-8-12-3-5-22-19(12)23-9-13)26-28(20(16)25-11-24-18)14-2-1-6-27(10-14)15(29)4-7-30/h3,5,8-9,11,14,30H,1-2,4,6-7,10H2,(H,22,23)(H2,21,24,25)/t14-/m1/s1. The summed E-state index contributed by atoms with van der Waals surface area (Å²) in [5.41, 5.74) is 9.30. The van der Waals surface area contributed by atoms with Crippen LogP contribution in [0.25, 0.3) is 33.3 Å². The lowest BCUT2D eigenvalue weighted by atomic mass is 10.1. The maximum absolute atomic E-state index is 12.4. The molecule has 5 heterocycles. The van der Waals surface area contributed by atoms with Crippen molar-refractivity contribution in [1.29, 1.82) is 0 Å². The Hall–Kier alpha value is -3.14. The van der Waals surface area contributed by atoms with E-state index in [9.17, 15) is 4.79 Å². The lowest BCUT2D eigenvalue weighted by Crippen LogP contribution is -2.41. The van der Waals surface area contributed by atoms with Gasteiger partial charge in [-0.3, -0.25) is 4.79 Å². The number of likely N-dealkylation sites (tertiary alicyclic amines) is 1. The molecule has 0 unspecified atom stereocenters. The van der Waals surface area contributed by atoms with Crippen molar-refractivity contribution in [3.8, 4) is 11.3 Å². The summed E-state index contributed by atoms with van der Waals surface area (Å²) in [7, 11) is 0. The number of amides is 1. The Balaban J connectivity index is 1.59. The molecule has 30 heavy (non-hydrogen) atoms. The van der Waals surface area contributed by atoms with E-state index in [1.54, 1.807) is 6.20 Å². The fourth-order valence-corrected chi connectivity index (χ4v) is 4.35. The van der Waals surface area contributed by atoms with Gasteiger partial charge in [-0.1, -0.05) is 0 Å². The zero-order chi connectivity index (χ0) is 20.7. The number of piperidine rings is 1. The summed E-state index contributed by atoms with van der Waals surface area (Å²) in [6.45, 7) is 1.36. The number of hydrogen-bond donors (Lipinski definition) is 3. The van der Waals surface area contributed by atoms with Crippen LogP contribution >= 0.6 is 12.6 Å². The van der Waals surface area contributed by atoms with Crippen LogP contribution in [0.2, 0.25) is 0 Å². The van der Waals surface area contributed by atoms with Gasteiger partial charge >= 0.3 is 0 Å². The molecule has 0 aromatic carbocycles. The molecule has 1 saturated heterocycles. The zero-order valence-electron chi connectivity index (χ0n) is 16.3. The first-order chi connectivity index (χ1) is 14.7. The first-order valence-corrected chi connectivity index (χ1v) is 10.6. The molecule has 4 aromatic heterocycles. The maximum Gasteiger partial charge on any atom is 0.223 e. The van der Waals surface area contributed by atoms with Crippen LogP contribution in [-0.2, 0) is 4.79 Å². The molecule has 0 aliphatic carbocycles. The van der Waals surface area contributed by atoms with Crippen molar-refractivity contribution in [3.05, 3.63) is 30.9 Å². The van der Waals surface area contributed by atoms with E-state index in [0.717, 1.165) is 36.0 Å². The molecule has 1 atom stereocenters. The third-order valence-electron chi connectivity index (χ3n) is 5.61. The molecule has 5 rings (SSSR count). The number of anilines is 1. The number of hydrogen-bond acceptors (Lipinski definition) is 7. The van der Waals surface area contributed by atoms with Gasteiger partial charge in [-0.05, 0) is 30.7 Å². The van der Waals surface area contributed by atoms with Crippen molar-refractivity contribution in [2.45, 2.75) is 25.3 Å². The summed E-state index contributed by atoms with van der Waals surface area (Å²) >= 11 is 4.19. The minimum atomic E-state index is 0.0251. The van der Waals surface area contributed by atoms with Crippen molar-refractivity contribution in [3.63, 3.8) is 0 Å². The Labute approximate surface area is 178 Å². The van der Waals surface area contributed by atoms with Crippen LogP contribution in [0.4, 0.5) is 5.82 Å². The van der Waals surface area contributed by atoms with Gasteiger partial charge in [0, 0.05) is 42.9 Å². The van der Waals surface area contributed by atoms with E-state index in [-0.39, 0.29) is 11.9 Å². The molecule has 0 spiro atoms. The van der Waals surface area contributed by atoms with Gasteiger partial charge < -0.3 is 15.6 Å². The number of aromatic nitrogens is 6. The molecule has 0 saturated carbocycles. The van der Waals surface area contributed by atoms with Crippen LogP contribution in [0.15, 0.2) is 30.9 Å². The van der Waals surface area contributed by atoms with Crippen molar-refractivity contribution in [1.82, 2.24) is 34.6 Å². The number of nitrogens with two attached hydrogens (primary N) is 1. The molecular formula is C20H22N8OS. The number of nitrogens with zero attached hydrogens (tertiary/aromatic N) is 6. The fraction of sp³-hybridized carbons (Fsp3) is 0.350. The van der Waals surface area contributed by atoms with Crippen LogP contribution in [0.3, 0.4) is 0 Å². The first kappa shape index (κ1) is 18.9. The molecule has 3 N–H and O–H groups in total. The van der Waals surface area contributed by atoms with Gasteiger partial charge in [0.1, 0.15) is 23.5 Å². The number of carbonyl (C=O) groups is 1. The highest BCUT2D eigenvalue weighted by molar-refractivity contribution is 7.80. The highest BCUT2D eigenvalue weighted by atomic mass is 32.1. The van der Waals surface area contributed by atoms with Crippen LogP contribution in [0.1, 0.15) is 25.3 Å². The average Bonchev–Trinajstić information content (AvgIpc) is 3.39. The van der Waals surface area contributed by atoms with Gasteiger partial charge in [0.15, 0.2) is 5.65 Å². The van der Waals surface area contributed by atoms with Crippen molar-refractivity contribution < 1.29 is 4.79 Å². The van der Waals surface area contributed by atoms with E-state index in [2.05, 4.69) is 32.6 Å². The highest BCUT2D eigenvalue weighted by Crippen LogP contribution is 2.34. The number of rotatable bonds is 4. The number of H-pyrrole nitrogens is 1. The molecule has 1 fully saturated rings. The smallest absolute Gasteiger partial charge is 0.223 e. The van der Waals surface area contributed by atoms with Gasteiger partial charge in [0.25, 0.3) is 0 Å². The maximum atomic E-state index is 12.4. The molecule has 4 aromatic rings. The van der Waals surface area contributed by atoms with E-state index in [1.807, 2.05) is 27.9 Å². The molecule has 0 radical (unpaired) electrons. The summed E-state index contributed by atoms with van der Waals surface area (Å²) in [6, 6.07) is 4.02. The van der Waals surface area contributed by atoms with Gasteiger partial charge in [0.2, 0.25) is 5.91 Å². The van der Waals surface area contributed by atoms with E-state index >= 15 is 0 Å². The van der Waals surface area contributed by atoms with Crippen LogP contribution in [0, 0.1) is 0 Å². The second-order valence-electron chi connectivity index (χ2n) is 7.50. The molecule has 10 heteroatoms. The Morgan fingerprint density at radius 1 is 1.33 bits per heavy atom. The number of pyridine rings is 1. The second kappa shape index (κ2) is 7.60. The lowest BCUT2D eigenvalue weighted by Gasteiger charge is -2.33.